The summed E-state index contributed by atoms with van der Waals surface area (Å²) < 4.78 is 50.4. The summed E-state index contributed by atoms with van der Waals surface area (Å²) >= 11 is 0. The highest BCUT2D eigenvalue weighted by Crippen LogP contribution is 2.31. The van der Waals surface area contributed by atoms with Crippen molar-refractivity contribution in [1.29, 1.82) is 0 Å². The molecule has 0 atom stereocenters. The lowest BCUT2D eigenvalue weighted by atomic mass is 10.2. The third-order valence-corrected chi connectivity index (χ3v) is 6.72. The van der Waals surface area contributed by atoms with Gasteiger partial charge in [-0.2, -0.15) is 18.2 Å². The van der Waals surface area contributed by atoms with Crippen LogP contribution in [0.3, 0.4) is 0 Å². The molecule has 1 saturated heterocycles. The number of morpholine rings is 1. The summed E-state index contributed by atoms with van der Waals surface area (Å²) in [5.41, 5.74) is 0.722. The Hall–Kier alpha value is -3.38. The summed E-state index contributed by atoms with van der Waals surface area (Å²) in [6.07, 6.45) is -4.44. The highest BCUT2D eigenvalue weighted by atomic mass is 19.4. The van der Waals surface area contributed by atoms with E-state index in [0.717, 1.165) is 30.9 Å². The maximum absolute atomic E-state index is 13.5. The van der Waals surface area contributed by atoms with Crippen LogP contribution in [0.4, 0.5) is 13.2 Å². The summed E-state index contributed by atoms with van der Waals surface area (Å²) in [7, 11) is 1.56. The Kier molecular flexibility index (Phi) is 5.59. The van der Waals surface area contributed by atoms with Crippen molar-refractivity contribution in [1.82, 2.24) is 28.0 Å². The molecule has 4 heterocycles. The van der Waals surface area contributed by atoms with E-state index in [1.165, 1.54) is 21.3 Å². The first-order valence-electron chi connectivity index (χ1n) is 11.3. The van der Waals surface area contributed by atoms with E-state index in [9.17, 15) is 22.8 Å². The number of benzene rings is 1. The molecule has 0 unspecified atom stereocenters. The van der Waals surface area contributed by atoms with Crippen LogP contribution in [0.1, 0.15) is 17.0 Å². The summed E-state index contributed by atoms with van der Waals surface area (Å²) in [6.45, 7) is 7.10. The maximum atomic E-state index is 13.5. The number of hydrogen-bond donors (Lipinski definition) is 0. The second-order valence-electron chi connectivity index (χ2n) is 8.72. The van der Waals surface area contributed by atoms with Crippen molar-refractivity contribution in [2.24, 2.45) is 7.05 Å². The van der Waals surface area contributed by atoms with Gasteiger partial charge >= 0.3 is 11.9 Å². The van der Waals surface area contributed by atoms with E-state index < -0.39 is 23.0 Å². The minimum Gasteiger partial charge on any atom is -0.379 e. The number of nitrogens with zero attached hydrogens (tertiary/aromatic N) is 6. The standard InChI is InChI=1S/C23H25F3N6O3/c1-14-15(2)32-18-19(27-21(32)31(14)17-6-4-16(5-7-17)23(24,25)26)28(3)22(34)30(20(18)33)9-8-29-10-12-35-13-11-29/h4-7H,8-13H2,1-3H3. The predicted molar refractivity (Wildman–Crippen MR) is 123 cm³/mol. The third kappa shape index (κ3) is 3.76. The second-order valence-corrected chi connectivity index (χ2v) is 8.72. The molecule has 1 aliphatic rings. The molecule has 186 valence electrons. The van der Waals surface area contributed by atoms with E-state index in [-0.39, 0.29) is 17.7 Å². The predicted octanol–water partition coefficient (Wildman–Crippen LogP) is 2.11. The molecule has 1 aromatic carbocycles. The van der Waals surface area contributed by atoms with Gasteiger partial charge in [-0.15, -0.1) is 0 Å². The van der Waals surface area contributed by atoms with Crippen molar-refractivity contribution in [2.45, 2.75) is 26.6 Å². The summed E-state index contributed by atoms with van der Waals surface area (Å²) in [6, 6.07) is 4.76. The highest BCUT2D eigenvalue weighted by molar-refractivity contribution is 5.77. The Morgan fingerprint density at radius 2 is 1.66 bits per heavy atom. The number of halogens is 3. The Balaban J connectivity index is 1.66. The molecule has 1 fully saturated rings. The fourth-order valence-corrected chi connectivity index (χ4v) is 4.62. The molecule has 12 heteroatoms. The monoisotopic (exact) mass is 490 g/mol. The number of fused-ring (bicyclic) bond motifs is 3. The molecule has 35 heavy (non-hydrogen) atoms. The topological polar surface area (TPSA) is 78.7 Å². The Morgan fingerprint density at radius 3 is 2.29 bits per heavy atom. The van der Waals surface area contributed by atoms with Crippen molar-refractivity contribution in [2.75, 3.05) is 32.8 Å². The van der Waals surface area contributed by atoms with E-state index >= 15 is 0 Å². The number of rotatable bonds is 4. The molecule has 5 rings (SSSR count). The number of aromatic nitrogens is 5. The average Bonchev–Trinajstić information content (AvgIpc) is 3.33. The van der Waals surface area contributed by atoms with E-state index in [0.29, 0.717) is 36.9 Å². The summed E-state index contributed by atoms with van der Waals surface area (Å²) in [5, 5.41) is 0. The Labute approximate surface area is 197 Å². The molecule has 0 bridgehead atoms. The molecular weight excluding hydrogens is 465 g/mol. The van der Waals surface area contributed by atoms with Gasteiger partial charge in [0.2, 0.25) is 5.78 Å². The molecule has 4 aromatic rings. The van der Waals surface area contributed by atoms with Crippen molar-refractivity contribution in [3.05, 3.63) is 62.1 Å². The number of aryl methyl sites for hydroxylation is 2. The van der Waals surface area contributed by atoms with Crippen LogP contribution in [0.25, 0.3) is 22.6 Å². The molecule has 0 N–H and O–H groups in total. The van der Waals surface area contributed by atoms with Gasteiger partial charge in [-0.05, 0) is 38.1 Å². The number of hydrogen-bond acceptors (Lipinski definition) is 5. The fourth-order valence-electron chi connectivity index (χ4n) is 4.62. The van der Waals surface area contributed by atoms with Crippen molar-refractivity contribution in [3.63, 3.8) is 0 Å². The lowest BCUT2D eigenvalue weighted by Crippen LogP contribution is -2.44. The Morgan fingerprint density at radius 1 is 1.00 bits per heavy atom. The van der Waals surface area contributed by atoms with Crippen LogP contribution < -0.4 is 11.2 Å². The normalized spacial score (nSPS) is 15.5. The van der Waals surface area contributed by atoms with Crippen LogP contribution in [0.2, 0.25) is 0 Å². The van der Waals surface area contributed by atoms with Crippen LogP contribution in [0.5, 0.6) is 0 Å². The van der Waals surface area contributed by atoms with E-state index in [2.05, 4.69) is 9.88 Å². The first kappa shape index (κ1) is 23.4. The first-order chi connectivity index (χ1) is 16.6. The highest BCUT2D eigenvalue weighted by Gasteiger charge is 2.30. The van der Waals surface area contributed by atoms with Gasteiger partial charge in [-0.1, -0.05) is 0 Å². The van der Waals surface area contributed by atoms with Crippen LogP contribution >= 0.6 is 0 Å². The quantitative estimate of drug-likeness (QED) is 0.438. The van der Waals surface area contributed by atoms with E-state index in [4.69, 9.17) is 4.74 Å². The molecule has 1 aliphatic heterocycles. The fraction of sp³-hybridized carbons (Fsp3) is 0.435. The summed E-state index contributed by atoms with van der Waals surface area (Å²) in [4.78, 5) is 33.3. The van der Waals surface area contributed by atoms with Crippen molar-refractivity contribution < 1.29 is 17.9 Å². The molecule has 9 nitrogen and oxygen atoms in total. The lowest BCUT2D eigenvalue weighted by Gasteiger charge is -2.26. The average molecular weight is 490 g/mol. The minimum atomic E-state index is -4.44. The smallest absolute Gasteiger partial charge is 0.379 e. The molecule has 0 saturated carbocycles. The van der Waals surface area contributed by atoms with E-state index in [1.54, 1.807) is 16.0 Å². The number of alkyl halides is 3. The zero-order valence-electron chi connectivity index (χ0n) is 19.6. The number of ether oxygens (including phenoxy) is 1. The zero-order chi connectivity index (χ0) is 25.1. The second kappa shape index (κ2) is 8.38. The van der Waals surface area contributed by atoms with Gasteiger partial charge in [0.15, 0.2) is 11.2 Å². The molecule has 3 aromatic heterocycles. The molecule has 0 aliphatic carbocycles. The van der Waals surface area contributed by atoms with Gasteiger partial charge in [-0.3, -0.25) is 27.8 Å². The minimum absolute atomic E-state index is 0.224. The van der Waals surface area contributed by atoms with Crippen LogP contribution in [0.15, 0.2) is 33.9 Å². The zero-order valence-corrected chi connectivity index (χ0v) is 19.6. The van der Waals surface area contributed by atoms with Crippen molar-refractivity contribution >= 4 is 16.9 Å². The largest absolute Gasteiger partial charge is 0.416 e. The van der Waals surface area contributed by atoms with Gasteiger partial charge in [-0.25, -0.2) is 4.79 Å². The van der Waals surface area contributed by atoms with Crippen LogP contribution in [-0.4, -0.2) is 60.8 Å². The lowest BCUT2D eigenvalue weighted by molar-refractivity contribution is -0.137. The number of imidazole rings is 2. The van der Waals surface area contributed by atoms with Gasteiger partial charge < -0.3 is 4.74 Å². The summed E-state index contributed by atoms with van der Waals surface area (Å²) in [5.74, 6) is 0.354. The molecule has 0 spiro atoms. The molecule has 0 radical (unpaired) electrons. The van der Waals surface area contributed by atoms with Crippen LogP contribution in [0, 0.1) is 13.8 Å². The van der Waals surface area contributed by atoms with Gasteiger partial charge in [0.1, 0.15) is 0 Å². The molecule has 0 amide bonds. The first-order valence-corrected chi connectivity index (χ1v) is 11.3. The molecular formula is C23H25F3N6O3. The van der Waals surface area contributed by atoms with Crippen molar-refractivity contribution in [3.8, 4) is 5.69 Å². The Bertz CT molecular complexity index is 1540. The SMILES string of the molecule is Cc1c(C)n2c3c(=O)n(CCN4CCOCC4)c(=O)n(C)c3nc2n1-c1ccc(C(F)(F)F)cc1. The van der Waals surface area contributed by atoms with Gasteiger partial charge in [0.05, 0.1) is 18.8 Å². The van der Waals surface area contributed by atoms with Gasteiger partial charge in [0, 0.05) is 50.3 Å². The third-order valence-electron chi connectivity index (χ3n) is 6.72. The van der Waals surface area contributed by atoms with Crippen LogP contribution in [-0.2, 0) is 24.5 Å². The van der Waals surface area contributed by atoms with E-state index in [1.807, 2.05) is 13.8 Å². The maximum Gasteiger partial charge on any atom is 0.416 e. The van der Waals surface area contributed by atoms with Gasteiger partial charge in [0.25, 0.3) is 5.56 Å².